The van der Waals surface area contributed by atoms with Crippen LogP contribution in [-0.2, 0) is 18.9 Å². The van der Waals surface area contributed by atoms with Crippen LogP contribution in [0.1, 0.15) is 22.6 Å². The lowest BCUT2D eigenvalue weighted by atomic mass is 10.1. The molecule has 4 aromatic rings. The lowest BCUT2D eigenvalue weighted by molar-refractivity contribution is 0.287. The first kappa shape index (κ1) is 22.6. The lowest BCUT2D eigenvalue weighted by Gasteiger charge is -2.11. The Balaban J connectivity index is 1.45. The number of nitrogens with zero attached hydrogens (tertiary/aromatic N) is 4. The third-order valence-corrected chi connectivity index (χ3v) is 7.07. The Morgan fingerprint density at radius 2 is 2.03 bits per heavy atom. The molecule has 0 saturated heterocycles. The van der Waals surface area contributed by atoms with Gasteiger partial charge in [0.05, 0.1) is 10.7 Å². The van der Waals surface area contributed by atoms with Crippen molar-refractivity contribution in [3.8, 4) is 16.3 Å². The predicted octanol–water partition coefficient (Wildman–Crippen LogP) is 6.73. The Kier molecular flexibility index (Phi) is 7.29. The summed E-state index contributed by atoms with van der Waals surface area (Å²) in [6.45, 7) is 8.93. The fourth-order valence-corrected chi connectivity index (χ4v) is 5.22. The second kappa shape index (κ2) is 10.3. The molecule has 0 saturated carbocycles. The molecule has 0 radical (unpaired) electrons. The number of aromatic nitrogens is 4. The van der Waals surface area contributed by atoms with Crippen molar-refractivity contribution >= 4 is 34.7 Å². The van der Waals surface area contributed by atoms with Crippen molar-refractivity contribution in [3.63, 3.8) is 0 Å². The number of rotatable bonds is 9. The van der Waals surface area contributed by atoms with Crippen LogP contribution < -0.4 is 4.74 Å². The Morgan fingerprint density at radius 1 is 1.19 bits per heavy atom. The molecule has 0 bridgehead atoms. The summed E-state index contributed by atoms with van der Waals surface area (Å²) in [7, 11) is 0. The van der Waals surface area contributed by atoms with Crippen molar-refractivity contribution < 1.29 is 4.74 Å². The molecule has 0 aliphatic rings. The quantitative estimate of drug-likeness (QED) is 0.195. The highest BCUT2D eigenvalue weighted by atomic mass is 35.5. The van der Waals surface area contributed by atoms with Crippen molar-refractivity contribution in [2.24, 2.45) is 0 Å². The predicted molar refractivity (Wildman–Crippen MR) is 133 cm³/mol. The van der Waals surface area contributed by atoms with E-state index in [9.17, 15) is 0 Å². The number of halogens is 1. The van der Waals surface area contributed by atoms with Crippen LogP contribution in [0.2, 0.25) is 5.02 Å². The van der Waals surface area contributed by atoms with Gasteiger partial charge in [-0.15, -0.1) is 28.1 Å². The summed E-state index contributed by atoms with van der Waals surface area (Å²) in [6.07, 6.45) is 1.84. The van der Waals surface area contributed by atoms with Gasteiger partial charge < -0.3 is 4.74 Å². The molecule has 0 N–H and O–H groups in total. The first-order valence-corrected chi connectivity index (χ1v) is 12.3. The average Bonchev–Trinajstić information content (AvgIpc) is 3.41. The highest BCUT2D eigenvalue weighted by Crippen LogP contribution is 2.32. The van der Waals surface area contributed by atoms with E-state index in [1.54, 1.807) is 23.1 Å². The van der Waals surface area contributed by atoms with Crippen LogP contribution >= 0.6 is 34.7 Å². The van der Waals surface area contributed by atoms with Crippen LogP contribution in [-0.4, -0.2) is 19.7 Å². The van der Waals surface area contributed by atoms with Crippen LogP contribution in [0.25, 0.3) is 10.6 Å². The zero-order chi connectivity index (χ0) is 22.5. The van der Waals surface area contributed by atoms with E-state index in [-0.39, 0.29) is 0 Å². The third kappa shape index (κ3) is 5.23. The van der Waals surface area contributed by atoms with E-state index in [0.717, 1.165) is 44.1 Å². The van der Waals surface area contributed by atoms with Crippen molar-refractivity contribution in [2.75, 3.05) is 0 Å². The Labute approximate surface area is 201 Å². The molecule has 0 aliphatic carbocycles. The minimum Gasteiger partial charge on any atom is -0.485 e. The van der Waals surface area contributed by atoms with Gasteiger partial charge in [0.25, 0.3) is 0 Å². The molecular formula is C24H23ClN4OS2. The maximum Gasteiger partial charge on any atom is 0.191 e. The molecule has 0 atom stereocenters. The van der Waals surface area contributed by atoms with E-state index < -0.39 is 0 Å². The van der Waals surface area contributed by atoms with E-state index >= 15 is 0 Å². The molecule has 32 heavy (non-hydrogen) atoms. The van der Waals surface area contributed by atoms with Gasteiger partial charge in [0, 0.05) is 23.2 Å². The molecule has 4 rings (SSSR count). The van der Waals surface area contributed by atoms with Crippen molar-refractivity contribution in [2.45, 2.75) is 37.9 Å². The molecule has 2 aromatic heterocycles. The summed E-state index contributed by atoms with van der Waals surface area (Å²) in [6, 6.07) is 13.9. The van der Waals surface area contributed by atoms with Crippen molar-refractivity contribution in [3.05, 3.63) is 88.2 Å². The number of thioether (sulfide) groups is 1. The normalized spacial score (nSPS) is 11.0. The van der Waals surface area contributed by atoms with Gasteiger partial charge in [-0.25, -0.2) is 4.98 Å². The summed E-state index contributed by atoms with van der Waals surface area (Å²) in [5, 5.41) is 13.2. The topological polar surface area (TPSA) is 52.8 Å². The third-order valence-electron chi connectivity index (χ3n) is 4.81. The molecular weight excluding hydrogens is 460 g/mol. The number of hydrogen-bond acceptors (Lipinski definition) is 6. The molecule has 2 heterocycles. The van der Waals surface area contributed by atoms with Gasteiger partial charge in [-0.05, 0) is 37.1 Å². The first-order chi connectivity index (χ1) is 15.5. The number of ether oxygens (including phenoxy) is 1. The highest BCUT2D eigenvalue weighted by Gasteiger charge is 2.15. The second-order valence-corrected chi connectivity index (χ2v) is 9.48. The van der Waals surface area contributed by atoms with Crippen LogP contribution in [0.3, 0.4) is 0 Å². The molecule has 0 aliphatic heterocycles. The van der Waals surface area contributed by atoms with Gasteiger partial charge in [0.2, 0.25) is 0 Å². The van der Waals surface area contributed by atoms with E-state index in [4.69, 9.17) is 21.3 Å². The summed E-state index contributed by atoms with van der Waals surface area (Å²) in [4.78, 5) is 4.74. The summed E-state index contributed by atoms with van der Waals surface area (Å²) < 4.78 is 8.07. The molecule has 8 heteroatoms. The molecule has 0 unspecified atom stereocenters. The second-order valence-electron chi connectivity index (χ2n) is 7.27. The monoisotopic (exact) mass is 482 g/mol. The number of thiazole rings is 1. The Hall–Kier alpha value is -2.61. The summed E-state index contributed by atoms with van der Waals surface area (Å²) >= 11 is 9.50. The zero-order valence-electron chi connectivity index (χ0n) is 17.9. The number of allylic oxidation sites excluding steroid dienone is 1. The molecule has 164 valence electrons. The fourth-order valence-electron chi connectivity index (χ4n) is 3.12. The average molecular weight is 483 g/mol. The van der Waals surface area contributed by atoms with Crippen LogP contribution in [0, 0.1) is 13.8 Å². The van der Waals surface area contributed by atoms with Crippen molar-refractivity contribution in [1.29, 1.82) is 0 Å². The standard InChI is InChI=1S/C24H23ClN4OS2/c1-4-11-29-22(13-30-21-12-16(2)9-10-17(21)3)27-28-24(29)32-15-18-14-31-23(26-18)19-7-5-6-8-20(19)25/h4-10,12,14H,1,11,13,15H2,2-3H3. The lowest BCUT2D eigenvalue weighted by Crippen LogP contribution is -2.08. The summed E-state index contributed by atoms with van der Waals surface area (Å²) in [5.41, 5.74) is 4.19. The minimum absolute atomic E-state index is 0.346. The SMILES string of the molecule is C=CCn1c(COc2cc(C)ccc2C)nnc1SCc1csc(-c2ccccc2Cl)n1. The molecule has 0 fully saturated rings. The molecule has 2 aromatic carbocycles. The van der Waals surface area contributed by atoms with Gasteiger partial charge >= 0.3 is 0 Å². The fraction of sp³-hybridized carbons (Fsp3) is 0.208. The first-order valence-electron chi connectivity index (χ1n) is 10.1. The zero-order valence-corrected chi connectivity index (χ0v) is 20.3. The van der Waals surface area contributed by atoms with E-state index in [1.807, 2.05) is 47.9 Å². The van der Waals surface area contributed by atoms with Crippen LogP contribution in [0.15, 0.2) is 65.7 Å². The number of hydrogen-bond donors (Lipinski definition) is 0. The largest absolute Gasteiger partial charge is 0.485 e. The minimum atomic E-state index is 0.346. The Bertz CT molecular complexity index is 1230. The Morgan fingerprint density at radius 3 is 2.84 bits per heavy atom. The van der Waals surface area contributed by atoms with E-state index in [1.165, 1.54) is 0 Å². The number of benzene rings is 2. The smallest absolute Gasteiger partial charge is 0.191 e. The van der Waals surface area contributed by atoms with Gasteiger partial charge in [0.15, 0.2) is 11.0 Å². The molecule has 0 spiro atoms. The van der Waals surface area contributed by atoms with Gasteiger partial charge in [-0.1, -0.05) is 59.8 Å². The van der Waals surface area contributed by atoms with Gasteiger partial charge in [-0.2, -0.15) is 0 Å². The molecule has 5 nitrogen and oxygen atoms in total. The van der Waals surface area contributed by atoms with Gasteiger partial charge in [-0.3, -0.25) is 4.57 Å². The maximum atomic E-state index is 6.31. The van der Waals surface area contributed by atoms with Crippen LogP contribution in [0.5, 0.6) is 5.75 Å². The highest BCUT2D eigenvalue weighted by molar-refractivity contribution is 7.98. The van der Waals surface area contributed by atoms with Gasteiger partial charge in [0.1, 0.15) is 17.4 Å². The van der Waals surface area contributed by atoms with E-state index in [0.29, 0.717) is 23.9 Å². The maximum absolute atomic E-state index is 6.31. The number of aryl methyl sites for hydroxylation is 2. The van der Waals surface area contributed by atoms with Crippen molar-refractivity contribution in [1.82, 2.24) is 19.7 Å². The summed E-state index contributed by atoms with van der Waals surface area (Å²) in [5.74, 6) is 2.32. The van der Waals surface area contributed by atoms with E-state index in [2.05, 4.69) is 41.2 Å². The van der Waals surface area contributed by atoms with Crippen LogP contribution in [0.4, 0.5) is 0 Å². The molecule has 0 amide bonds.